The van der Waals surface area contributed by atoms with Gasteiger partial charge in [-0.1, -0.05) is 51.7 Å². The predicted octanol–water partition coefficient (Wildman–Crippen LogP) is 5.33. The monoisotopic (exact) mass is 317 g/mol. The van der Waals surface area contributed by atoms with Gasteiger partial charge in [-0.25, -0.2) is 0 Å². The number of nitrogen functional groups attached to an aromatic ring is 1. The standard InChI is InChI=1S/C23H27N/c1-16-6-7-18(15-21(16)24)9-8-17-10-11-19-20(14-17)23(4,5)13-12-22(19,2)3/h6-7,10-11,14-15H,12-13,24H2,1-5H3. The number of hydrogen-bond acceptors (Lipinski definition) is 1. The highest BCUT2D eigenvalue weighted by molar-refractivity contribution is 5.55. The van der Waals surface area contributed by atoms with E-state index in [1.54, 1.807) is 0 Å². The third-order valence-electron chi connectivity index (χ3n) is 5.48. The van der Waals surface area contributed by atoms with Crippen molar-refractivity contribution in [2.75, 3.05) is 5.73 Å². The lowest BCUT2D eigenvalue weighted by Gasteiger charge is -2.41. The first-order valence-corrected chi connectivity index (χ1v) is 8.72. The Kier molecular flexibility index (Phi) is 3.96. The Balaban J connectivity index is 2.00. The van der Waals surface area contributed by atoms with Crippen LogP contribution in [-0.4, -0.2) is 0 Å². The van der Waals surface area contributed by atoms with E-state index in [1.807, 2.05) is 25.1 Å². The van der Waals surface area contributed by atoms with Gasteiger partial charge in [-0.05, 0) is 71.6 Å². The Morgan fingerprint density at radius 2 is 1.33 bits per heavy atom. The van der Waals surface area contributed by atoms with Gasteiger partial charge in [-0.2, -0.15) is 0 Å². The van der Waals surface area contributed by atoms with E-state index in [0.29, 0.717) is 0 Å². The number of anilines is 1. The first-order chi connectivity index (χ1) is 11.2. The number of rotatable bonds is 0. The second kappa shape index (κ2) is 5.71. The average molecular weight is 317 g/mol. The Hall–Kier alpha value is -2.20. The zero-order valence-corrected chi connectivity index (χ0v) is 15.5. The molecule has 0 fully saturated rings. The third-order valence-corrected chi connectivity index (χ3v) is 5.48. The molecule has 0 atom stereocenters. The van der Waals surface area contributed by atoms with E-state index < -0.39 is 0 Å². The molecule has 0 heterocycles. The summed E-state index contributed by atoms with van der Waals surface area (Å²) in [4.78, 5) is 0. The van der Waals surface area contributed by atoms with Crippen molar-refractivity contribution in [1.29, 1.82) is 0 Å². The van der Waals surface area contributed by atoms with Crippen molar-refractivity contribution in [2.45, 2.75) is 58.3 Å². The number of fused-ring (bicyclic) bond motifs is 1. The van der Waals surface area contributed by atoms with Crippen LogP contribution in [0.4, 0.5) is 5.69 Å². The van der Waals surface area contributed by atoms with Crippen LogP contribution in [0.1, 0.15) is 68.4 Å². The summed E-state index contributed by atoms with van der Waals surface area (Å²) in [6, 6.07) is 12.7. The van der Waals surface area contributed by atoms with E-state index in [9.17, 15) is 0 Å². The average Bonchev–Trinajstić information content (AvgIpc) is 2.53. The summed E-state index contributed by atoms with van der Waals surface area (Å²) in [6.07, 6.45) is 2.46. The lowest BCUT2D eigenvalue weighted by atomic mass is 9.63. The van der Waals surface area contributed by atoms with E-state index in [4.69, 9.17) is 5.73 Å². The van der Waals surface area contributed by atoms with Gasteiger partial charge in [0.15, 0.2) is 0 Å². The summed E-state index contributed by atoms with van der Waals surface area (Å²) in [5, 5.41) is 0. The van der Waals surface area contributed by atoms with Crippen LogP contribution in [0, 0.1) is 18.8 Å². The zero-order valence-electron chi connectivity index (χ0n) is 15.5. The molecule has 1 aliphatic carbocycles. The van der Waals surface area contributed by atoms with Crippen LogP contribution < -0.4 is 5.73 Å². The SMILES string of the molecule is Cc1ccc(C#Cc2ccc3c(c2)C(C)(C)CCC3(C)C)cc1N. The van der Waals surface area contributed by atoms with E-state index in [1.165, 1.54) is 24.0 Å². The van der Waals surface area contributed by atoms with Crippen LogP contribution in [0.25, 0.3) is 0 Å². The Labute approximate surface area is 146 Å². The molecule has 0 saturated heterocycles. The molecule has 124 valence electrons. The maximum Gasteiger partial charge on any atom is 0.0356 e. The minimum absolute atomic E-state index is 0.219. The van der Waals surface area contributed by atoms with Crippen molar-refractivity contribution in [3.8, 4) is 11.8 Å². The van der Waals surface area contributed by atoms with Crippen molar-refractivity contribution >= 4 is 5.69 Å². The first kappa shape index (κ1) is 16.7. The molecule has 0 aliphatic heterocycles. The summed E-state index contributed by atoms with van der Waals surface area (Å²) in [5.74, 6) is 6.57. The summed E-state index contributed by atoms with van der Waals surface area (Å²) in [5.41, 5.74) is 13.3. The van der Waals surface area contributed by atoms with E-state index >= 15 is 0 Å². The molecular weight excluding hydrogens is 290 g/mol. The van der Waals surface area contributed by atoms with Gasteiger partial charge in [0, 0.05) is 16.8 Å². The highest BCUT2D eigenvalue weighted by Crippen LogP contribution is 2.45. The fourth-order valence-corrected chi connectivity index (χ4v) is 3.53. The molecule has 2 N–H and O–H groups in total. The molecule has 2 aromatic rings. The van der Waals surface area contributed by atoms with Crippen molar-refractivity contribution in [2.24, 2.45) is 0 Å². The number of nitrogens with two attached hydrogens (primary N) is 1. The molecule has 24 heavy (non-hydrogen) atoms. The van der Waals surface area contributed by atoms with E-state index in [-0.39, 0.29) is 10.8 Å². The van der Waals surface area contributed by atoms with Crippen LogP contribution in [-0.2, 0) is 10.8 Å². The van der Waals surface area contributed by atoms with E-state index in [2.05, 4.69) is 57.7 Å². The molecule has 2 aromatic carbocycles. The fraction of sp³-hybridized carbons (Fsp3) is 0.391. The van der Waals surface area contributed by atoms with Gasteiger partial charge >= 0.3 is 0 Å². The Bertz CT molecular complexity index is 844. The number of hydrogen-bond donors (Lipinski definition) is 1. The van der Waals surface area contributed by atoms with Crippen molar-refractivity contribution in [3.63, 3.8) is 0 Å². The van der Waals surface area contributed by atoms with Gasteiger partial charge in [0.2, 0.25) is 0 Å². The summed E-state index contributed by atoms with van der Waals surface area (Å²) < 4.78 is 0. The second-order valence-electron chi connectivity index (χ2n) is 8.35. The van der Waals surface area contributed by atoms with Gasteiger partial charge in [0.1, 0.15) is 0 Å². The van der Waals surface area contributed by atoms with Crippen molar-refractivity contribution in [1.82, 2.24) is 0 Å². The molecule has 0 unspecified atom stereocenters. The minimum atomic E-state index is 0.219. The molecule has 1 nitrogen and oxygen atoms in total. The highest BCUT2D eigenvalue weighted by Gasteiger charge is 2.36. The molecule has 3 rings (SSSR count). The smallest absolute Gasteiger partial charge is 0.0356 e. The third kappa shape index (κ3) is 3.06. The predicted molar refractivity (Wildman–Crippen MR) is 103 cm³/mol. The molecule has 0 aromatic heterocycles. The summed E-state index contributed by atoms with van der Waals surface area (Å²) in [6.45, 7) is 11.4. The van der Waals surface area contributed by atoms with Crippen LogP contribution >= 0.6 is 0 Å². The molecule has 0 saturated carbocycles. The van der Waals surface area contributed by atoms with Gasteiger partial charge in [-0.3, -0.25) is 0 Å². The van der Waals surface area contributed by atoms with Crippen molar-refractivity contribution < 1.29 is 0 Å². The van der Waals surface area contributed by atoms with Crippen LogP contribution in [0.2, 0.25) is 0 Å². The molecule has 0 bridgehead atoms. The maximum atomic E-state index is 5.98. The minimum Gasteiger partial charge on any atom is -0.398 e. The van der Waals surface area contributed by atoms with Gasteiger partial charge in [-0.15, -0.1) is 0 Å². The Morgan fingerprint density at radius 3 is 1.96 bits per heavy atom. The van der Waals surface area contributed by atoms with Crippen LogP contribution in [0.3, 0.4) is 0 Å². The van der Waals surface area contributed by atoms with E-state index in [0.717, 1.165) is 22.4 Å². The topological polar surface area (TPSA) is 26.0 Å². The zero-order chi connectivity index (χ0) is 17.5. The normalized spacial score (nSPS) is 17.5. The highest BCUT2D eigenvalue weighted by atomic mass is 14.5. The maximum absolute atomic E-state index is 5.98. The van der Waals surface area contributed by atoms with Crippen molar-refractivity contribution in [3.05, 3.63) is 64.2 Å². The lowest BCUT2D eigenvalue weighted by Crippen LogP contribution is -2.33. The Morgan fingerprint density at radius 1 is 0.792 bits per heavy atom. The molecular formula is C23H27N. The largest absolute Gasteiger partial charge is 0.398 e. The molecule has 0 amide bonds. The summed E-state index contributed by atoms with van der Waals surface area (Å²) in [7, 11) is 0. The van der Waals surface area contributed by atoms with Gasteiger partial charge in [0.05, 0.1) is 0 Å². The van der Waals surface area contributed by atoms with Gasteiger partial charge in [0.25, 0.3) is 0 Å². The van der Waals surface area contributed by atoms with Gasteiger partial charge < -0.3 is 5.73 Å². The molecule has 1 heteroatoms. The molecule has 0 radical (unpaired) electrons. The lowest BCUT2D eigenvalue weighted by molar-refractivity contribution is 0.332. The molecule has 1 aliphatic rings. The second-order valence-corrected chi connectivity index (χ2v) is 8.35. The van der Waals surface area contributed by atoms with Crippen LogP contribution in [0.15, 0.2) is 36.4 Å². The number of aryl methyl sites for hydroxylation is 1. The fourth-order valence-electron chi connectivity index (χ4n) is 3.53. The number of benzene rings is 2. The summed E-state index contributed by atoms with van der Waals surface area (Å²) >= 11 is 0. The first-order valence-electron chi connectivity index (χ1n) is 8.72. The molecule has 0 spiro atoms. The van der Waals surface area contributed by atoms with Crippen LogP contribution in [0.5, 0.6) is 0 Å². The quantitative estimate of drug-likeness (QED) is 0.516.